The lowest BCUT2D eigenvalue weighted by atomic mass is 10.1. The number of H-pyrrole nitrogens is 1. The number of rotatable bonds is 5. The molecule has 3 aliphatic heterocycles. The Morgan fingerprint density at radius 2 is 1.94 bits per heavy atom. The van der Waals surface area contributed by atoms with Crippen LogP contribution in [0.3, 0.4) is 0 Å². The topological polar surface area (TPSA) is 79.5 Å². The Hall–Kier alpha value is -3.33. The van der Waals surface area contributed by atoms with Gasteiger partial charge in [0.05, 0.1) is 36.1 Å². The molecule has 33 heavy (non-hydrogen) atoms. The van der Waals surface area contributed by atoms with Crippen molar-refractivity contribution in [1.29, 1.82) is 0 Å². The number of likely N-dealkylation sites (tertiary alicyclic amines) is 1. The van der Waals surface area contributed by atoms with Gasteiger partial charge in [-0.1, -0.05) is 0 Å². The van der Waals surface area contributed by atoms with Crippen LogP contribution in [0.1, 0.15) is 17.8 Å². The number of fused-ring (bicyclic) bond motifs is 3. The number of nitrogens with zero attached hydrogens (tertiary/aromatic N) is 7. The first-order valence-corrected chi connectivity index (χ1v) is 11.7. The smallest absolute Gasteiger partial charge is 0.229 e. The van der Waals surface area contributed by atoms with Crippen molar-refractivity contribution in [1.82, 2.24) is 24.8 Å². The minimum Gasteiger partial charge on any atom is -0.373 e. The van der Waals surface area contributed by atoms with Crippen LogP contribution in [0.25, 0.3) is 0 Å². The molecular formula is C24H31N9. The van der Waals surface area contributed by atoms with Gasteiger partial charge in [-0.2, -0.15) is 4.98 Å². The minimum absolute atomic E-state index is 0.612. The van der Waals surface area contributed by atoms with E-state index in [9.17, 15) is 0 Å². The highest BCUT2D eigenvalue weighted by atomic mass is 15.3. The van der Waals surface area contributed by atoms with Crippen LogP contribution in [-0.4, -0.2) is 77.7 Å². The number of anilines is 5. The maximum absolute atomic E-state index is 4.92. The van der Waals surface area contributed by atoms with Gasteiger partial charge in [0.2, 0.25) is 5.95 Å². The maximum atomic E-state index is 4.92. The second kappa shape index (κ2) is 7.91. The Balaban J connectivity index is 1.21. The summed E-state index contributed by atoms with van der Waals surface area (Å²) in [5.74, 6) is 1.55. The van der Waals surface area contributed by atoms with Gasteiger partial charge in [0, 0.05) is 63.6 Å². The van der Waals surface area contributed by atoms with Crippen molar-refractivity contribution in [2.75, 3.05) is 60.8 Å². The normalized spacial score (nSPS) is 22.0. The molecule has 2 N–H and O–H groups in total. The number of hydrogen-bond donors (Lipinski definition) is 2. The average Bonchev–Trinajstić information content (AvgIpc) is 3.54. The Morgan fingerprint density at radius 1 is 1.09 bits per heavy atom. The number of benzene rings is 1. The lowest BCUT2D eigenvalue weighted by Gasteiger charge is -2.33. The van der Waals surface area contributed by atoms with Crippen molar-refractivity contribution >= 4 is 28.8 Å². The summed E-state index contributed by atoms with van der Waals surface area (Å²) in [5, 5.41) is 3.41. The fourth-order valence-electron chi connectivity index (χ4n) is 5.42. The molecule has 0 aliphatic carbocycles. The summed E-state index contributed by atoms with van der Waals surface area (Å²) in [6.07, 6.45) is 5.87. The lowest BCUT2D eigenvalue weighted by Crippen LogP contribution is -2.44. The predicted octanol–water partition coefficient (Wildman–Crippen LogP) is 2.46. The molecule has 3 aliphatic rings. The van der Waals surface area contributed by atoms with Gasteiger partial charge in [-0.3, -0.25) is 4.90 Å². The summed E-state index contributed by atoms with van der Waals surface area (Å²) in [6.45, 7) is 3.95. The van der Waals surface area contributed by atoms with Gasteiger partial charge in [0.1, 0.15) is 0 Å². The molecule has 9 nitrogen and oxygen atoms in total. The van der Waals surface area contributed by atoms with Crippen molar-refractivity contribution < 1.29 is 0 Å². The third-order valence-electron chi connectivity index (χ3n) is 7.28. The molecular weight excluding hydrogens is 414 g/mol. The van der Waals surface area contributed by atoms with Crippen LogP contribution in [0.2, 0.25) is 0 Å². The van der Waals surface area contributed by atoms with Crippen LogP contribution >= 0.6 is 0 Å². The highest BCUT2D eigenvalue weighted by Gasteiger charge is 2.41. The molecule has 2 unspecified atom stereocenters. The third kappa shape index (κ3) is 3.66. The zero-order chi connectivity index (χ0) is 22.5. The summed E-state index contributed by atoms with van der Waals surface area (Å²) < 4.78 is 0. The van der Waals surface area contributed by atoms with Crippen LogP contribution in [-0.2, 0) is 13.0 Å². The summed E-state index contributed by atoms with van der Waals surface area (Å²) in [7, 11) is 6.30. The number of nitrogens with one attached hydrogen (secondary N) is 2. The molecule has 6 rings (SSSR count). The number of likely N-dealkylation sites (N-methyl/N-ethyl adjacent to an activating group) is 1. The molecule has 0 spiro atoms. The molecule has 3 aromatic rings. The van der Waals surface area contributed by atoms with Gasteiger partial charge in [-0.25, -0.2) is 9.97 Å². The summed E-state index contributed by atoms with van der Waals surface area (Å²) in [4.78, 5) is 26.6. The van der Waals surface area contributed by atoms with Crippen molar-refractivity contribution in [3.8, 4) is 0 Å². The van der Waals surface area contributed by atoms with Crippen LogP contribution < -0.4 is 20.0 Å². The van der Waals surface area contributed by atoms with E-state index in [4.69, 9.17) is 4.98 Å². The second-order valence-corrected chi connectivity index (χ2v) is 9.60. The first-order valence-electron chi connectivity index (χ1n) is 11.7. The van der Waals surface area contributed by atoms with Crippen LogP contribution in [0.4, 0.5) is 28.8 Å². The number of aromatic nitrogens is 4. The van der Waals surface area contributed by atoms with E-state index in [1.165, 1.54) is 12.1 Å². The predicted molar refractivity (Wildman–Crippen MR) is 132 cm³/mol. The Morgan fingerprint density at radius 3 is 2.67 bits per heavy atom. The van der Waals surface area contributed by atoms with E-state index in [1.807, 2.05) is 20.3 Å². The molecule has 5 heterocycles. The SMILES string of the molecule is CN(C)c1cnc(Nc2ccc(N3CC4CC3CN4C)cc2)nc1N1CCc2nc[nH]c2C1. The zero-order valence-electron chi connectivity index (χ0n) is 19.5. The molecule has 2 aromatic heterocycles. The van der Waals surface area contributed by atoms with E-state index in [1.54, 1.807) is 6.33 Å². The van der Waals surface area contributed by atoms with E-state index < -0.39 is 0 Å². The molecule has 2 fully saturated rings. The van der Waals surface area contributed by atoms with E-state index in [0.29, 0.717) is 18.0 Å². The van der Waals surface area contributed by atoms with E-state index in [0.717, 1.165) is 61.2 Å². The quantitative estimate of drug-likeness (QED) is 0.620. The molecule has 2 atom stereocenters. The fourth-order valence-corrected chi connectivity index (χ4v) is 5.42. The highest BCUT2D eigenvalue weighted by Crippen LogP contribution is 2.35. The van der Waals surface area contributed by atoms with Gasteiger partial charge >= 0.3 is 0 Å². The van der Waals surface area contributed by atoms with E-state index in [-0.39, 0.29) is 0 Å². The number of hydrogen-bond acceptors (Lipinski definition) is 8. The Bertz CT molecular complexity index is 1140. The second-order valence-electron chi connectivity index (χ2n) is 9.60. The molecule has 0 saturated carbocycles. The molecule has 9 heteroatoms. The largest absolute Gasteiger partial charge is 0.373 e. The van der Waals surface area contributed by atoms with Gasteiger partial charge in [0.25, 0.3) is 0 Å². The number of imidazole rings is 1. The van der Waals surface area contributed by atoms with Crippen LogP contribution in [0.15, 0.2) is 36.8 Å². The molecule has 1 aromatic carbocycles. The van der Waals surface area contributed by atoms with Gasteiger partial charge in [-0.05, 0) is 37.7 Å². The highest BCUT2D eigenvalue weighted by molar-refractivity contribution is 5.69. The number of aromatic amines is 1. The average molecular weight is 446 g/mol. The van der Waals surface area contributed by atoms with Gasteiger partial charge < -0.3 is 25.0 Å². The van der Waals surface area contributed by atoms with Crippen molar-refractivity contribution in [2.45, 2.75) is 31.5 Å². The standard InChI is InChI=1S/C24H31N9/c1-30(2)22-11-25-24(29-23(22)32-9-8-20-21(14-32)27-15-26-20)28-16-4-6-17(7-5-16)33-13-18-10-19(33)12-31(18)3/h4-7,11,15,18-19H,8-10,12-14H2,1-3H3,(H,26,27)(H,25,28,29). The number of piperazine rings is 1. The lowest BCUT2D eigenvalue weighted by molar-refractivity contribution is 0.292. The van der Waals surface area contributed by atoms with Crippen molar-refractivity contribution in [2.24, 2.45) is 0 Å². The minimum atomic E-state index is 0.612. The molecule has 0 radical (unpaired) electrons. The van der Waals surface area contributed by atoms with Crippen molar-refractivity contribution in [3.63, 3.8) is 0 Å². The third-order valence-corrected chi connectivity index (χ3v) is 7.28. The first-order chi connectivity index (χ1) is 16.0. The molecule has 2 bridgehead atoms. The van der Waals surface area contributed by atoms with Gasteiger partial charge in [0.15, 0.2) is 5.82 Å². The summed E-state index contributed by atoms with van der Waals surface area (Å²) in [6, 6.07) is 10.0. The monoisotopic (exact) mass is 445 g/mol. The van der Waals surface area contributed by atoms with Crippen LogP contribution in [0, 0.1) is 0 Å². The Kier molecular flexibility index (Phi) is 4.86. The van der Waals surface area contributed by atoms with Crippen molar-refractivity contribution in [3.05, 3.63) is 48.2 Å². The molecule has 172 valence electrons. The first kappa shape index (κ1) is 20.3. The summed E-state index contributed by atoms with van der Waals surface area (Å²) >= 11 is 0. The molecule has 0 amide bonds. The van der Waals surface area contributed by atoms with E-state index >= 15 is 0 Å². The van der Waals surface area contributed by atoms with Crippen LogP contribution in [0.5, 0.6) is 0 Å². The molecule has 2 saturated heterocycles. The maximum Gasteiger partial charge on any atom is 0.229 e. The van der Waals surface area contributed by atoms with Gasteiger partial charge in [-0.15, -0.1) is 0 Å². The fraction of sp³-hybridized carbons (Fsp3) is 0.458. The Labute approximate surface area is 194 Å². The van der Waals surface area contributed by atoms with E-state index in [2.05, 4.69) is 71.2 Å². The summed E-state index contributed by atoms with van der Waals surface area (Å²) in [5.41, 5.74) is 5.63. The zero-order valence-corrected chi connectivity index (χ0v) is 19.5.